The van der Waals surface area contributed by atoms with E-state index in [9.17, 15) is 14.4 Å². The topological polar surface area (TPSA) is 128 Å². The second-order valence-corrected chi connectivity index (χ2v) is 16.2. The Bertz CT molecular complexity index is 931. The maximum atomic E-state index is 13.3. The number of unbranched alkanes of at least 4 members (excludes halogenated alkanes) is 22. The standard InChI is InChI=1S/C45H88N4O9/c1-5-7-9-11-13-15-17-19-21-23-25-27-35-55-41-42(56-36-28-26-24-22-20-18-16-14-12-10-8-6-2)37-46-43(50)38-47-29-31-48(39-44(51)57-53-3)33-34-49(32-30-47)40-45(52)58-54-4/h42H,5-41H2,1-4H3,(H,46,50). The van der Waals surface area contributed by atoms with Crippen molar-refractivity contribution in [2.45, 2.75) is 174 Å². The average Bonchev–Trinajstić information content (AvgIpc) is 3.29. The van der Waals surface area contributed by atoms with E-state index in [0.717, 1.165) is 19.3 Å². The van der Waals surface area contributed by atoms with Gasteiger partial charge in [-0.1, -0.05) is 155 Å². The maximum Gasteiger partial charge on any atom is 0.356 e. The third-order valence-electron chi connectivity index (χ3n) is 10.9. The number of carbonyl (C=O) groups excluding carboxylic acids is 3. The van der Waals surface area contributed by atoms with Gasteiger partial charge in [0.05, 0.1) is 33.5 Å². The third kappa shape index (κ3) is 33.9. The molecule has 0 aromatic heterocycles. The molecule has 1 N–H and O–H groups in total. The molecule has 342 valence electrons. The smallest absolute Gasteiger partial charge is 0.356 e. The molecule has 1 saturated heterocycles. The van der Waals surface area contributed by atoms with Crippen LogP contribution in [0.3, 0.4) is 0 Å². The third-order valence-corrected chi connectivity index (χ3v) is 10.9. The highest BCUT2D eigenvalue weighted by atomic mass is 17.2. The van der Waals surface area contributed by atoms with Gasteiger partial charge in [-0.2, -0.15) is 9.78 Å². The number of nitrogens with zero attached hydrogens (tertiary/aromatic N) is 3. The molecule has 0 aromatic rings. The van der Waals surface area contributed by atoms with E-state index in [2.05, 4.69) is 28.9 Å². The first-order chi connectivity index (χ1) is 28.4. The van der Waals surface area contributed by atoms with Gasteiger partial charge >= 0.3 is 11.9 Å². The van der Waals surface area contributed by atoms with E-state index < -0.39 is 11.9 Å². The summed E-state index contributed by atoms with van der Waals surface area (Å²) in [4.78, 5) is 62.1. The zero-order valence-electron chi connectivity index (χ0n) is 37.8. The Morgan fingerprint density at radius 1 is 0.483 bits per heavy atom. The molecule has 1 aliphatic heterocycles. The van der Waals surface area contributed by atoms with E-state index >= 15 is 0 Å². The minimum atomic E-state index is -0.507. The lowest BCUT2D eigenvalue weighted by molar-refractivity contribution is -0.256. The summed E-state index contributed by atoms with van der Waals surface area (Å²) in [7, 11) is 2.59. The highest BCUT2D eigenvalue weighted by Crippen LogP contribution is 2.14. The summed E-state index contributed by atoms with van der Waals surface area (Å²) in [6.45, 7) is 10.2. The van der Waals surface area contributed by atoms with Crippen molar-refractivity contribution in [2.75, 3.05) is 99.5 Å². The van der Waals surface area contributed by atoms with Gasteiger partial charge in [-0.3, -0.25) is 29.3 Å². The highest BCUT2D eigenvalue weighted by Gasteiger charge is 2.22. The molecular weight excluding hydrogens is 741 g/mol. The first-order valence-electron chi connectivity index (χ1n) is 23.5. The van der Waals surface area contributed by atoms with E-state index in [0.29, 0.717) is 65.6 Å². The van der Waals surface area contributed by atoms with Crippen LogP contribution in [0.5, 0.6) is 0 Å². The summed E-state index contributed by atoms with van der Waals surface area (Å²) in [5.74, 6) is -1.12. The van der Waals surface area contributed by atoms with Crippen LogP contribution in [0, 0.1) is 0 Å². The predicted molar refractivity (Wildman–Crippen MR) is 231 cm³/mol. The normalized spacial score (nSPS) is 15.1. The SMILES string of the molecule is CCCCCCCCCCCCCCOCC(CNC(=O)CN1CCN(CC(=O)OOC)CCN(CC(=O)OOC)CC1)OCCCCCCCCCCCCCC. The number of ether oxygens (including phenoxy) is 2. The molecule has 1 amide bonds. The van der Waals surface area contributed by atoms with Gasteiger partial charge in [0, 0.05) is 59.0 Å². The Morgan fingerprint density at radius 2 is 0.828 bits per heavy atom. The zero-order valence-corrected chi connectivity index (χ0v) is 37.8. The number of hydrogen-bond donors (Lipinski definition) is 1. The zero-order chi connectivity index (χ0) is 42.2. The molecule has 1 rings (SSSR count). The van der Waals surface area contributed by atoms with Crippen LogP contribution in [0.1, 0.15) is 168 Å². The van der Waals surface area contributed by atoms with E-state index in [1.807, 2.05) is 14.7 Å². The summed E-state index contributed by atoms with van der Waals surface area (Å²) >= 11 is 0. The molecule has 0 saturated carbocycles. The molecule has 1 atom stereocenters. The van der Waals surface area contributed by atoms with Crippen LogP contribution < -0.4 is 5.32 Å². The van der Waals surface area contributed by atoms with Gasteiger partial charge in [0.25, 0.3) is 0 Å². The van der Waals surface area contributed by atoms with Crippen LogP contribution in [-0.4, -0.2) is 138 Å². The van der Waals surface area contributed by atoms with Crippen LogP contribution in [0.15, 0.2) is 0 Å². The molecule has 13 heteroatoms. The van der Waals surface area contributed by atoms with Crippen molar-refractivity contribution in [3.63, 3.8) is 0 Å². The molecule has 13 nitrogen and oxygen atoms in total. The van der Waals surface area contributed by atoms with E-state index in [1.54, 1.807) is 0 Å². The fraction of sp³-hybridized carbons (Fsp3) is 0.933. The molecular formula is C45H88N4O9. The van der Waals surface area contributed by atoms with Crippen LogP contribution >= 0.6 is 0 Å². The fourth-order valence-electron chi connectivity index (χ4n) is 7.37. The fourth-order valence-corrected chi connectivity index (χ4v) is 7.37. The number of carbonyl (C=O) groups is 3. The monoisotopic (exact) mass is 829 g/mol. The average molecular weight is 829 g/mol. The van der Waals surface area contributed by atoms with E-state index in [1.165, 1.54) is 149 Å². The van der Waals surface area contributed by atoms with Crippen molar-refractivity contribution in [3.05, 3.63) is 0 Å². The Balaban J connectivity index is 2.56. The second kappa shape index (κ2) is 40.5. The molecule has 0 bridgehead atoms. The lowest BCUT2D eigenvalue weighted by atomic mass is 10.1. The van der Waals surface area contributed by atoms with Crippen molar-refractivity contribution in [1.82, 2.24) is 20.0 Å². The predicted octanol–water partition coefficient (Wildman–Crippen LogP) is 8.04. The van der Waals surface area contributed by atoms with Crippen LogP contribution in [-0.2, 0) is 43.4 Å². The maximum absolute atomic E-state index is 13.3. The van der Waals surface area contributed by atoms with E-state index in [4.69, 9.17) is 19.2 Å². The van der Waals surface area contributed by atoms with Gasteiger partial charge in [0.1, 0.15) is 13.1 Å². The van der Waals surface area contributed by atoms with Gasteiger partial charge in [-0.25, -0.2) is 9.59 Å². The minimum absolute atomic E-state index is 0.0295. The van der Waals surface area contributed by atoms with Gasteiger partial charge in [0.15, 0.2) is 0 Å². The molecule has 0 radical (unpaired) electrons. The Labute approximate surface area is 354 Å². The molecule has 1 unspecified atom stereocenters. The molecule has 0 aromatic carbocycles. The first-order valence-corrected chi connectivity index (χ1v) is 23.5. The Kier molecular flexibility index (Phi) is 37.8. The molecule has 0 aliphatic carbocycles. The largest absolute Gasteiger partial charge is 0.379 e. The van der Waals surface area contributed by atoms with Crippen molar-refractivity contribution in [3.8, 4) is 0 Å². The summed E-state index contributed by atoms with van der Waals surface area (Å²) < 4.78 is 12.4. The summed E-state index contributed by atoms with van der Waals surface area (Å²) in [5.41, 5.74) is 0. The minimum Gasteiger partial charge on any atom is -0.379 e. The number of nitrogens with one attached hydrogen (secondary N) is 1. The number of amides is 1. The molecule has 1 fully saturated rings. The van der Waals surface area contributed by atoms with Crippen molar-refractivity contribution in [1.29, 1.82) is 0 Å². The van der Waals surface area contributed by atoms with Gasteiger partial charge < -0.3 is 14.8 Å². The number of rotatable bonds is 39. The van der Waals surface area contributed by atoms with Crippen LogP contribution in [0.25, 0.3) is 0 Å². The first kappa shape index (κ1) is 54.1. The Hall–Kier alpha value is -1.87. The van der Waals surface area contributed by atoms with Crippen molar-refractivity contribution in [2.24, 2.45) is 0 Å². The summed E-state index contributed by atoms with van der Waals surface area (Å²) in [6.07, 6.45) is 31.1. The highest BCUT2D eigenvalue weighted by molar-refractivity contribution is 5.78. The molecule has 0 spiro atoms. The molecule has 58 heavy (non-hydrogen) atoms. The van der Waals surface area contributed by atoms with Gasteiger partial charge in [-0.15, -0.1) is 0 Å². The summed E-state index contributed by atoms with van der Waals surface area (Å²) in [6, 6.07) is 0. The van der Waals surface area contributed by atoms with E-state index in [-0.39, 0.29) is 31.6 Å². The lowest BCUT2D eigenvalue weighted by Crippen LogP contribution is -2.45. The van der Waals surface area contributed by atoms with Gasteiger partial charge in [0.2, 0.25) is 5.91 Å². The van der Waals surface area contributed by atoms with Crippen LogP contribution in [0.4, 0.5) is 0 Å². The van der Waals surface area contributed by atoms with Crippen LogP contribution in [0.2, 0.25) is 0 Å². The van der Waals surface area contributed by atoms with Gasteiger partial charge in [-0.05, 0) is 12.8 Å². The second-order valence-electron chi connectivity index (χ2n) is 16.2. The number of hydrogen-bond acceptors (Lipinski definition) is 12. The van der Waals surface area contributed by atoms with Crippen molar-refractivity contribution >= 4 is 17.8 Å². The summed E-state index contributed by atoms with van der Waals surface area (Å²) in [5, 5.41) is 3.10. The lowest BCUT2D eigenvalue weighted by Gasteiger charge is -2.25. The molecule has 1 aliphatic rings. The van der Waals surface area contributed by atoms with Crippen molar-refractivity contribution < 1.29 is 43.4 Å². The Morgan fingerprint density at radius 3 is 1.21 bits per heavy atom. The molecule has 1 heterocycles. The quantitative estimate of drug-likeness (QED) is 0.0366.